The number of pyridine rings is 1. The van der Waals surface area contributed by atoms with E-state index in [1.54, 1.807) is 7.11 Å². The lowest BCUT2D eigenvalue weighted by atomic mass is 9.85. The number of methoxy groups -OCH3 is 1. The first-order chi connectivity index (χ1) is 7.40. The zero-order valence-corrected chi connectivity index (χ0v) is 8.81. The van der Waals surface area contributed by atoms with Gasteiger partial charge in [0, 0.05) is 5.92 Å². The molecule has 1 aliphatic carbocycles. The highest BCUT2D eigenvalue weighted by molar-refractivity contribution is 5.49. The minimum absolute atomic E-state index is 0.629. The summed E-state index contributed by atoms with van der Waals surface area (Å²) in [5.41, 5.74) is 1.12. The standard InChI is InChI=1S/C12H14N2O/c1-15-11-7-3-6-10-8-13-12(14(10)11)9-4-2-5-9/h3,6-9H,2,4-5H2,1H3. The van der Waals surface area contributed by atoms with E-state index in [1.807, 2.05) is 18.3 Å². The van der Waals surface area contributed by atoms with E-state index >= 15 is 0 Å². The smallest absolute Gasteiger partial charge is 0.199 e. The van der Waals surface area contributed by atoms with Crippen molar-refractivity contribution >= 4 is 5.52 Å². The van der Waals surface area contributed by atoms with Crippen LogP contribution in [0.15, 0.2) is 24.4 Å². The van der Waals surface area contributed by atoms with Crippen molar-refractivity contribution in [1.29, 1.82) is 0 Å². The summed E-state index contributed by atoms with van der Waals surface area (Å²) in [6, 6.07) is 6.05. The van der Waals surface area contributed by atoms with Crippen molar-refractivity contribution in [1.82, 2.24) is 9.38 Å². The van der Waals surface area contributed by atoms with E-state index in [4.69, 9.17) is 4.74 Å². The molecule has 2 aromatic heterocycles. The SMILES string of the molecule is COc1cccc2cnc(C3CCC3)n12. The van der Waals surface area contributed by atoms with E-state index in [1.165, 1.54) is 19.3 Å². The maximum atomic E-state index is 5.37. The van der Waals surface area contributed by atoms with Crippen LogP contribution in [0.5, 0.6) is 5.88 Å². The predicted octanol–water partition coefficient (Wildman–Crippen LogP) is 2.61. The summed E-state index contributed by atoms with van der Waals surface area (Å²) >= 11 is 0. The molecule has 0 atom stereocenters. The molecule has 0 aromatic carbocycles. The van der Waals surface area contributed by atoms with E-state index in [9.17, 15) is 0 Å². The molecule has 1 aliphatic rings. The molecule has 15 heavy (non-hydrogen) atoms. The van der Waals surface area contributed by atoms with Crippen LogP contribution >= 0.6 is 0 Å². The van der Waals surface area contributed by atoms with Gasteiger partial charge in [0.2, 0.25) is 0 Å². The minimum atomic E-state index is 0.629. The van der Waals surface area contributed by atoms with Crippen LogP contribution in [-0.4, -0.2) is 16.5 Å². The van der Waals surface area contributed by atoms with Gasteiger partial charge in [0.25, 0.3) is 0 Å². The first-order valence-electron chi connectivity index (χ1n) is 5.40. The van der Waals surface area contributed by atoms with Crippen LogP contribution < -0.4 is 4.74 Å². The van der Waals surface area contributed by atoms with Crippen molar-refractivity contribution in [2.45, 2.75) is 25.2 Å². The van der Waals surface area contributed by atoms with Gasteiger partial charge in [-0.05, 0) is 25.0 Å². The summed E-state index contributed by atoms with van der Waals surface area (Å²) in [7, 11) is 1.71. The number of ether oxygens (including phenoxy) is 1. The van der Waals surface area contributed by atoms with E-state index in [0.717, 1.165) is 17.2 Å². The fourth-order valence-electron chi connectivity index (χ4n) is 2.16. The fourth-order valence-corrected chi connectivity index (χ4v) is 2.16. The number of fused-ring (bicyclic) bond motifs is 1. The van der Waals surface area contributed by atoms with E-state index in [0.29, 0.717) is 5.92 Å². The number of hydrogen-bond donors (Lipinski definition) is 0. The third-order valence-electron chi connectivity index (χ3n) is 3.22. The molecule has 3 nitrogen and oxygen atoms in total. The van der Waals surface area contributed by atoms with Crippen molar-refractivity contribution in [2.24, 2.45) is 0 Å². The molecule has 0 aliphatic heterocycles. The third-order valence-corrected chi connectivity index (χ3v) is 3.22. The van der Waals surface area contributed by atoms with E-state index < -0.39 is 0 Å². The normalized spacial score (nSPS) is 16.6. The fraction of sp³-hybridized carbons (Fsp3) is 0.417. The lowest BCUT2D eigenvalue weighted by Crippen LogP contribution is -2.13. The third kappa shape index (κ3) is 1.23. The van der Waals surface area contributed by atoms with Crippen LogP contribution in [0.1, 0.15) is 31.0 Å². The van der Waals surface area contributed by atoms with Crippen LogP contribution in [0.3, 0.4) is 0 Å². The highest BCUT2D eigenvalue weighted by Crippen LogP contribution is 2.36. The Labute approximate surface area is 88.7 Å². The Morgan fingerprint density at radius 2 is 2.27 bits per heavy atom. The van der Waals surface area contributed by atoms with Crippen LogP contribution in [0.25, 0.3) is 5.52 Å². The molecule has 0 radical (unpaired) electrons. The molecule has 1 fully saturated rings. The van der Waals surface area contributed by atoms with Crippen molar-refractivity contribution < 1.29 is 4.74 Å². The maximum absolute atomic E-state index is 5.37. The first kappa shape index (κ1) is 8.77. The van der Waals surface area contributed by atoms with Crippen LogP contribution in [-0.2, 0) is 0 Å². The largest absolute Gasteiger partial charge is 0.482 e. The zero-order chi connectivity index (χ0) is 10.3. The quantitative estimate of drug-likeness (QED) is 0.748. The van der Waals surface area contributed by atoms with Crippen LogP contribution in [0, 0.1) is 0 Å². The number of hydrogen-bond acceptors (Lipinski definition) is 2. The molecule has 1 saturated carbocycles. The summed E-state index contributed by atoms with van der Waals surface area (Å²) in [5.74, 6) is 2.67. The Kier molecular flexibility index (Phi) is 1.91. The summed E-state index contributed by atoms with van der Waals surface area (Å²) in [4.78, 5) is 4.51. The van der Waals surface area contributed by atoms with Gasteiger partial charge in [-0.3, -0.25) is 4.40 Å². The van der Waals surface area contributed by atoms with E-state index in [2.05, 4.69) is 15.5 Å². The van der Waals surface area contributed by atoms with Crippen molar-refractivity contribution in [3.8, 4) is 5.88 Å². The average Bonchev–Trinajstić information content (AvgIpc) is 2.59. The van der Waals surface area contributed by atoms with Crippen LogP contribution in [0.2, 0.25) is 0 Å². The monoisotopic (exact) mass is 202 g/mol. The summed E-state index contributed by atoms with van der Waals surface area (Å²) < 4.78 is 7.50. The van der Waals surface area contributed by atoms with Crippen molar-refractivity contribution in [2.75, 3.05) is 7.11 Å². The first-order valence-corrected chi connectivity index (χ1v) is 5.40. The molecule has 0 unspecified atom stereocenters. The minimum Gasteiger partial charge on any atom is -0.482 e. The van der Waals surface area contributed by atoms with Gasteiger partial charge in [-0.15, -0.1) is 0 Å². The van der Waals surface area contributed by atoms with E-state index in [-0.39, 0.29) is 0 Å². The maximum Gasteiger partial charge on any atom is 0.199 e. The Bertz CT molecular complexity index is 485. The van der Waals surface area contributed by atoms with Crippen LogP contribution in [0.4, 0.5) is 0 Å². The summed E-state index contributed by atoms with van der Waals surface area (Å²) in [6.07, 6.45) is 5.78. The molecule has 78 valence electrons. The molecular formula is C12H14N2O. The molecular weight excluding hydrogens is 188 g/mol. The van der Waals surface area contributed by atoms with Gasteiger partial charge >= 0.3 is 0 Å². The van der Waals surface area contributed by atoms with Gasteiger partial charge in [0.1, 0.15) is 5.82 Å². The number of nitrogens with zero attached hydrogens (tertiary/aromatic N) is 2. The second-order valence-electron chi connectivity index (χ2n) is 4.07. The average molecular weight is 202 g/mol. The van der Waals surface area contributed by atoms with Crippen molar-refractivity contribution in [3.05, 3.63) is 30.2 Å². The highest BCUT2D eigenvalue weighted by Gasteiger charge is 2.24. The van der Waals surface area contributed by atoms with Gasteiger partial charge in [0.05, 0.1) is 18.8 Å². The van der Waals surface area contributed by atoms with Gasteiger partial charge in [-0.25, -0.2) is 4.98 Å². The molecule has 0 amide bonds. The van der Waals surface area contributed by atoms with Gasteiger partial charge in [-0.2, -0.15) is 0 Å². The predicted molar refractivity (Wildman–Crippen MR) is 58.3 cm³/mol. The lowest BCUT2D eigenvalue weighted by molar-refractivity contribution is 0.368. The Balaban J connectivity index is 2.20. The van der Waals surface area contributed by atoms with Gasteiger partial charge in [0.15, 0.2) is 5.88 Å². The Morgan fingerprint density at radius 3 is 2.93 bits per heavy atom. The number of aromatic nitrogens is 2. The molecule has 0 spiro atoms. The molecule has 3 heteroatoms. The summed E-state index contributed by atoms with van der Waals surface area (Å²) in [6.45, 7) is 0. The molecule has 0 saturated heterocycles. The second-order valence-corrected chi connectivity index (χ2v) is 4.07. The Morgan fingerprint density at radius 1 is 1.40 bits per heavy atom. The number of rotatable bonds is 2. The van der Waals surface area contributed by atoms with Gasteiger partial charge in [-0.1, -0.05) is 12.5 Å². The van der Waals surface area contributed by atoms with Gasteiger partial charge < -0.3 is 4.74 Å². The lowest BCUT2D eigenvalue weighted by Gasteiger charge is -2.24. The second kappa shape index (κ2) is 3.26. The highest BCUT2D eigenvalue weighted by atomic mass is 16.5. The zero-order valence-electron chi connectivity index (χ0n) is 8.81. The van der Waals surface area contributed by atoms with Crippen molar-refractivity contribution in [3.63, 3.8) is 0 Å². The molecule has 2 heterocycles. The topological polar surface area (TPSA) is 26.5 Å². The number of imidazole rings is 1. The summed E-state index contributed by atoms with van der Waals surface area (Å²) in [5, 5.41) is 0. The molecule has 2 aromatic rings. The Hall–Kier alpha value is -1.51. The molecule has 0 N–H and O–H groups in total. The molecule has 0 bridgehead atoms. The molecule has 3 rings (SSSR count).